The third-order valence-corrected chi connectivity index (χ3v) is 3.32. The van der Waals surface area contributed by atoms with Crippen LogP contribution >= 0.6 is 34.9 Å². The summed E-state index contributed by atoms with van der Waals surface area (Å²) in [6, 6.07) is 4.21. The third kappa shape index (κ3) is 2.34. The van der Waals surface area contributed by atoms with Crippen LogP contribution in [0.4, 0.5) is 0 Å². The van der Waals surface area contributed by atoms with Crippen LogP contribution in [0, 0.1) is 11.3 Å². The third-order valence-electron chi connectivity index (χ3n) is 1.41. The van der Waals surface area contributed by atoms with E-state index in [0.717, 1.165) is 0 Å². The Morgan fingerprint density at radius 2 is 2.00 bits per heavy atom. The van der Waals surface area contributed by atoms with E-state index in [0.29, 0.717) is 4.90 Å². The molecule has 1 aromatic rings. The van der Waals surface area contributed by atoms with Gasteiger partial charge in [0.1, 0.15) is 11.0 Å². The van der Waals surface area contributed by atoms with Crippen molar-refractivity contribution in [2.24, 2.45) is 0 Å². The minimum atomic E-state index is -3.97. The first-order valence-electron chi connectivity index (χ1n) is 3.23. The van der Waals surface area contributed by atoms with Gasteiger partial charge in [0.05, 0.1) is 10.6 Å². The van der Waals surface area contributed by atoms with Crippen molar-refractivity contribution >= 4 is 44.0 Å². The van der Waals surface area contributed by atoms with Crippen molar-refractivity contribution < 1.29 is 8.42 Å². The standard InChI is InChI=1S/C7H3Cl2NO2S2/c8-6-1-4(13)2-7(5(6)3-10)14(9,11)12/h1-2,13H. The van der Waals surface area contributed by atoms with Gasteiger partial charge in [-0.1, -0.05) is 11.6 Å². The molecule has 0 N–H and O–H groups in total. The van der Waals surface area contributed by atoms with Crippen LogP contribution < -0.4 is 0 Å². The molecule has 14 heavy (non-hydrogen) atoms. The molecule has 0 saturated carbocycles. The fourth-order valence-electron chi connectivity index (χ4n) is 0.869. The molecule has 0 amide bonds. The second kappa shape index (κ2) is 3.99. The number of halogens is 2. The van der Waals surface area contributed by atoms with Crippen LogP contribution in [0.5, 0.6) is 0 Å². The maximum absolute atomic E-state index is 11.0. The van der Waals surface area contributed by atoms with Gasteiger partial charge >= 0.3 is 0 Å². The van der Waals surface area contributed by atoms with E-state index in [1.54, 1.807) is 6.07 Å². The average molecular weight is 268 g/mol. The zero-order chi connectivity index (χ0) is 10.9. The largest absolute Gasteiger partial charge is 0.262 e. The molecule has 1 rings (SSSR count). The van der Waals surface area contributed by atoms with Crippen molar-refractivity contribution in [2.75, 3.05) is 0 Å². The first-order chi connectivity index (χ1) is 6.36. The predicted octanol–water partition coefficient (Wildman–Crippen LogP) is 2.43. The Bertz CT molecular complexity index is 519. The number of nitrogens with zero attached hydrogens (tertiary/aromatic N) is 1. The van der Waals surface area contributed by atoms with E-state index in [1.807, 2.05) is 0 Å². The summed E-state index contributed by atoms with van der Waals surface area (Å²) < 4.78 is 22.1. The number of hydrogen-bond acceptors (Lipinski definition) is 4. The monoisotopic (exact) mass is 267 g/mol. The summed E-state index contributed by atoms with van der Waals surface area (Å²) in [5.74, 6) is 0. The van der Waals surface area contributed by atoms with Gasteiger partial charge in [0.25, 0.3) is 9.05 Å². The zero-order valence-electron chi connectivity index (χ0n) is 6.53. The number of hydrogen-bond donors (Lipinski definition) is 1. The highest BCUT2D eigenvalue weighted by atomic mass is 35.7. The van der Waals surface area contributed by atoms with Crippen LogP contribution in [0.25, 0.3) is 0 Å². The molecule has 0 aliphatic carbocycles. The molecule has 74 valence electrons. The Morgan fingerprint density at radius 1 is 1.43 bits per heavy atom. The normalized spacial score (nSPS) is 11.0. The van der Waals surface area contributed by atoms with Crippen LogP contribution in [0.3, 0.4) is 0 Å². The lowest BCUT2D eigenvalue weighted by atomic mass is 10.2. The van der Waals surface area contributed by atoms with Gasteiger partial charge in [0.15, 0.2) is 0 Å². The SMILES string of the molecule is N#Cc1c(Cl)cc(S)cc1S(=O)(=O)Cl. The highest BCUT2D eigenvalue weighted by molar-refractivity contribution is 8.13. The topological polar surface area (TPSA) is 57.9 Å². The smallest absolute Gasteiger partial charge is 0.207 e. The summed E-state index contributed by atoms with van der Waals surface area (Å²) in [4.78, 5) is 0.00684. The molecular weight excluding hydrogens is 265 g/mol. The summed E-state index contributed by atoms with van der Waals surface area (Å²) in [6.07, 6.45) is 0. The molecule has 0 bridgehead atoms. The molecule has 0 atom stereocenters. The van der Waals surface area contributed by atoms with Gasteiger partial charge < -0.3 is 0 Å². The van der Waals surface area contributed by atoms with Crippen molar-refractivity contribution in [1.29, 1.82) is 5.26 Å². The molecule has 1 aromatic carbocycles. The zero-order valence-corrected chi connectivity index (χ0v) is 9.75. The Balaban J connectivity index is 3.68. The average Bonchev–Trinajstić information content (AvgIpc) is 2.01. The van der Waals surface area contributed by atoms with Crippen molar-refractivity contribution in [3.05, 3.63) is 22.7 Å². The Hall–Kier alpha value is -0.410. The number of rotatable bonds is 1. The second-order valence-corrected chi connectivity index (χ2v) is 5.81. The first kappa shape index (κ1) is 11.7. The van der Waals surface area contributed by atoms with E-state index in [4.69, 9.17) is 27.5 Å². The number of benzene rings is 1. The molecule has 0 spiro atoms. The lowest BCUT2D eigenvalue weighted by molar-refractivity contribution is 0.609. The lowest BCUT2D eigenvalue weighted by Crippen LogP contribution is -1.96. The lowest BCUT2D eigenvalue weighted by Gasteiger charge is -2.02. The molecule has 0 fully saturated rings. The van der Waals surface area contributed by atoms with E-state index in [2.05, 4.69) is 12.6 Å². The highest BCUT2D eigenvalue weighted by Crippen LogP contribution is 2.29. The van der Waals surface area contributed by atoms with Crippen LogP contribution in [0.15, 0.2) is 21.9 Å². The van der Waals surface area contributed by atoms with Crippen LogP contribution in [0.2, 0.25) is 5.02 Å². The minimum absolute atomic E-state index is 0.0132. The number of nitriles is 1. The molecule has 3 nitrogen and oxygen atoms in total. The Kier molecular flexibility index (Phi) is 3.32. The van der Waals surface area contributed by atoms with Gasteiger partial charge in [-0.05, 0) is 12.1 Å². The predicted molar refractivity (Wildman–Crippen MR) is 56.5 cm³/mol. The molecule has 0 aliphatic rings. The quantitative estimate of drug-likeness (QED) is 0.628. The Labute approximate surface area is 96.1 Å². The van der Waals surface area contributed by atoms with E-state index >= 15 is 0 Å². The minimum Gasteiger partial charge on any atom is -0.207 e. The first-order valence-corrected chi connectivity index (χ1v) is 6.37. The van der Waals surface area contributed by atoms with Gasteiger partial charge in [-0.2, -0.15) is 5.26 Å². The summed E-state index contributed by atoms with van der Waals surface area (Å²) in [5.41, 5.74) is -0.167. The van der Waals surface area contributed by atoms with E-state index < -0.39 is 9.05 Å². The fraction of sp³-hybridized carbons (Fsp3) is 0. The maximum atomic E-state index is 11.0. The van der Waals surface area contributed by atoms with E-state index in [-0.39, 0.29) is 15.5 Å². The van der Waals surface area contributed by atoms with Gasteiger partial charge in [-0.3, -0.25) is 0 Å². The molecule has 7 heteroatoms. The summed E-state index contributed by atoms with van der Waals surface area (Å²) >= 11 is 9.57. The van der Waals surface area contributed by atoms with Gasteiger partial charge in [-0.25, -0.2) is 8.42 Å². The molecular formula is C7H3Cl2NO2S2. The fourth-order valence-corrected chi connectivity index (χ4v) is 2.64. The van der Waals surface area contributed by atoms with Crippen molar-refractivity contribution in [3.8, 4) is 6.07 Å². The highest BCUT2D eigenvalue weighted by Gasteiger charge is 2.18. The maximum Gasteiger partial charge on any atom is 0.262 e. The molecule has 0 aromatic heterocycles. The van der Waals surface area contributed by atoms with Gasteiger partial charge in [0, 0.05) is 15.6 Å². The second-order valence-electron chi connectivity index (χ2n) is 2.35. The van der Waals surface area contributed by atoms with Crippen LogP contribution in [-0.4, -0.2) is 8.42 Å². The van der Waals surface area contributed by atoms with Crippen LogP contribution in [-0.2, 0) is 9.05 Å². The Morgan fingerprint density at radius 3 is 2.43 bits per heavy atom. The van der Waals surface area contributed by atoms with E-state index in [9.17, 15) is 8.42 Å². The van der Waals surface area contributed by atoms with Crippen molar-refractivity contribution in [2.45, 2.75) is 9.79 Å². The van der Waals surface area contributed by atoms with Crippen LogP contribution in [0.1, 0.15) is 5.56 Å². The van der Waals surface area contributed by atoms with E-state index in [1.165, 1.54) is 12.1 Å². The van der Waals surface area contributed by atoms with Gasteiger partial charge in [0.2, 0.25) is 0 Å². The molecule has 0 saturated heterocycles. The molecule has 0 radical (unpaired) electrons. The molecule has 0 heterocycles. The number of thiol groups is 1. The van der Waals surface area contributed by atoms with Crippen molar-refractivity contribution in [3.63, 3.8) is 0 Å². The van der Waals surface area contributed by atoms with Crippen molar-refractivity contribution in [1.82, 2.24) is 0 Å². The summed E-state index contributed by atoms with van der Waals surface area (Å²) in [6.45, 7) is 0. The summed E-state index contributed by atoms with van der Waals surface area (Å²) in [5, 5.41) is 8.68. The van der Waals surface area contributed by atoms with Gasteiger partial charge in [-0.15, -0.1) is 12.6 Å². The molecule has 0 aliphatic heterocycles. The molecule has 0 unspecified atom stereocenters. The summed E-state index contributed by atoms with van der Waals surface area (Å²) in [7, 11) is 1.14.